The van der Waals surface area contributed by atoms with Crippen LogP contribution >= 0.6 is 0 Å². The number of hydrogen-bond donors (Lipinski definition) is 0. The summed E-state index contributed by atoms with van der Waals surface area (Å²) in [6.07, 6.45) is 6.58. The Hall–Kier alpha value is -3.62. The van der Waals surface area contributed by atoms with Crippen molar-refractivity contribution in [1.82, 2.24) is 24.2 Å². The molecule has 2 aliphatic heterocycles. The second kappa shape index (κ2) is 7.44. The summed E-state index contributed by atoms with van der Waals surface area (Å²) < 4.78 is 45.0. The van der Waals surface area contributed by atoms with E-state index < -0.39 is 17.5 Å². The van der Waals surface area contributed by atoms with Crippen LogP contribution in [0.1, 0.15) is 46.9 Å². The third-order valence-corrected chi connectivity index (χ3v) is 7.13. The molecule has 34 heavy (non-hydrogen) atoms. The Bertz CT molecular complexity index is 1450. The van der Waals surface area contributed by atoms with Gasteiger partial charge >= 0.3 is 0 Å². The van der Waals surface area contributed by atoms with Crippen molar-refractivity contribution in [3.8, 4) is 11.3 Å². The first kappa shape index (κ1) is 20.9. The molecule has 6 nitrogen and oxygen atoms in total. The van der Waals surface area contributed by atoms with Crippen molar-refractivity contribution in [3.63, 3.8) is 0 Å². The maximum Gasteiger partial charge on any atom is 0.256 e. The van der Waals surface area contributed by atoms with E-state index in [1.807, 2.05) is 34.8 Å². The average Bonchev–Trinajstić information content (AvgIpc) is 3.33. The van der Waals surface area contributed by atoms with E-state index in [-0.39, 0.29) is 23.6 Å². The van der Waals surface area contributed by atoms with Gasteiger partial charge in [-0.25, -0.2) is 18.2 Å². The number of hydrogen-bond acceptors (Lipinski definition) is 3. The molecule has 0 radical (unpaired) electrons. The first-order valence-electron chi connectivity index (χ1n) is 11.3. The quantitative estimate of drug-likeness (QED) is 0.404. The fourth-order valence-electron chi connectivity index (χ4n) is 5.72. The lowest BCUT2D eigenvalue weighted by Gasteiger charge is -2.45. The number of piperidine rings is 1. The molecule has 6 rings (SSSR count). The fraction of sp³-hybridized carbons (Fsp3) is 0.320. The molecule has 1 amide bonds. The number of carbonyl (C=O) groups excluding carboxylic acids is 1. The molecular weight excluding hydrogens is 443 g/mol. The molecule has 2 bridgehead atoms. The van der Waals surface area contributed by atoms with Crippen molar-refractivity contribution in [2.75, 3.05) is 0 Å². The molecule has 9 heteroatoms. The van der Waals surface area contributed by atoms with Crippen molar-refractivity contribution in [1.29, 1.82) is 0 Å². The fourth-order valence-corrected chi connectivity index (χ4v) is 5.72. The molecular formula is C25H22F3N5O. The van der Waals surface area contributed by atoms with Crippen LogP contribution in [0, 0.1) is 17.5 Å². The maximum atomic E-state index is 14.0. The highest BCUT2D eigenvalue weighted by Gasteiger charge is 2.44. The predicted octanol–water partition coefficient (Wildman–Crippen LogP) is 4.68. The standard InChI is InChI=1S/C25H22F3N5O/c1-31-12-17(15-6-4-8-29-24(15)31)25(34)33-14-5-3-7-20(33)22-16(11-14)23(32(2)30-22)13-9-18(26)21(28)19(27)10-13/h4,6,8-10,12,14,20H,3,5,7,11H2,1-2H3/t14-,20+/m1/s1. The Morgan fingerprint density at radius 1 is 1.12 bits per heavy atom. The second-order valence-electron chi connectivity index (χ2n) is 9.14. The van der Waals surface area contributed by atoms with E-state index in [1.165, 1.54) is 0 Å². The molecule has 2 aliphatic rings. The Kier molecular flexibility index (Phi) is 4.59. The van der Waals surface area contributed by atoms with E-state index in [9.17, 15) is 18.0 Å². The second-order valence-corrected chi connectivity index (χ2v) is 9.14. The zero-order valence-electron chi connectivity index (χ0n) is 18.7. The van der Waals surface area contributed by atoms with Gasteiger partial charge in [0.05, 0.1) is 23.0 Å². The van der Waals surface area contributed by atoms with Crippen LogP contribution in [0.5, 0.6) is 0 Å². The van der Waals surface area contributed by atoms with Crippen molar-refractivity contribution < 1.29 is 18.0 Å². The van der Waals surface area contributed by atoms with Gasteiger partial charge in [0.15, 0.2) is 17.5 Å². The van der Waals surface area contributed by atoms with E-state index in [1.54, 1.807) is 17.9 Å². The molecule has 5 heterocycles. The van der Waals surface area contributed by atoms with E-state index in [0.717, 1.165) is 53.7 Å². The highest BCUT2D eigenvalue weighted by Crippen LogP contribution is 2.45. The Balaban J connectivity index is 1.46. The summed E-state index contributed by atoms with van der Waals surface area (Å²) in [4.78, 5) is 20.2. The van der Waals surface area contributed by atoms with E-state index >= 15 is 0 Å². The Morgan fingerprint density at radius 2 is 1.88 bits per heavy atom. The number of aryl methyl sites for hydroxylation is 2. The van der Waals surface area contributed by atoms with Gasteiger partial charge in [0.1, 0.15) is 5.65 Å². The number of halogens is 3. The lowest BCUT2D eigenvalue weighted by molar-refractivity contribution is 0.0393. The smallest absolute Gasteiger partial charge is 0.256 e. The molecule has 0 N–H and O–H groups in total. The van der Waals surface area contributed by atoms with Crippen LogP contribution in [0.2, 0.25) is 0 Å². The monoisotopic (exact) mass is 465 g/mol. The SMILES string of the molecule is Cn1nc2c(c1-c1cc(F)c(F)c(F)c1)C[C@H]1CCC[C@@H]2N1C(=O)c1cn(C)c2ncccc12. The highest BCUT2D eigenvalue weighted by molar-refractivity contribution is 6.06. The molecule has 0 aliphatic carbocycles. The molecule has 174 valence electrons. The number of carbonyl (C=O) groups is 1. The van der Waals surface area contributed by atoms with Crippen LogP contribution in [-0.4, -0.2) is 36.2 Å². The van der Waals surface area contributed by atoms with Crippen molar-refractivity contribution in [2.24, 2.45) is 14.1 Å². The number of nitrogens with zero attached hydrogens (tertiary/aromatic N) is 5. The zero-order chi connectivity index (χ0) is 23.7. The molecule has 0 unspecified atom stereocenters. The van der Waals surface area contributed by atoms with E-state index in [2.05, 4.69) is 4.98 Å². The lowest BCUT2D eigenvalue weighted by atomic mass is 9.81. The average molecular weight is 465 g/mol. The number of pyridine rings is 1. The minimum atomic E-state index is -1.49. The van der Waals surface area contributed by atoms with Crippen LogP contribution in [0.4, 0.5) is 13.2 Å². The highest BCUT2D eigenvalue weighted by atomic mass is 19.2. The van der Waals surface area contributed by atoms with Gasteiger partial charge in [-0.05, 0) is 49.9 Å². The summed E-state index contributed by atoms with van der Waals surface area (Å²) in [5, 5.41) is 5.49. The first-order valence-corrected chi connectivity index (χ1v) is 11.3. The minimum Gasteiger partial charge on any atom is -0.335 e. The van der Waals surface area contributed by atoms with Gasteiger partial charge in [0, 0.05) is 49.0 Å². The third kappa shape index (κ3) is 2.92. The minimum absolute atomic E-state index is 0.0648. The molecule has 0 spiro atoms. The lowest BCUT2D eigenvalue weighted by Crippen LogP contribution is -2.49. The zero-order valence-corrected chi connectivity index (χ0v) is 18.7. The normalized spacial score (nSPS) is 19.5. The van der Waals surface area contributed by atoms with E-state index in [4.69, 9.17) is 5.10 Å². The van der Waals surface area contributed by atoms with Crippen molar-refractivity contribution in [2.45, 2.75) is 37.8 Å². The van der Waals surface area contributed by atoms with Gasteiger partial charge in [0.2, 0.25) is 0 Å². The predicted molar refractivity (Wildman–Crippen MR) is 119 cm³/mol. The Labute approximate surface area is 193 Å². The van der Waals surface area contributed by atoms with Gasteiger partial charge in [-0.2, -0.15) is 5.10 Å². The van der Waals surface area contributed by atoms with Gasteiger partial charge in [-0.15, -0.1) is 0 Å². The van der Waals surface area contributed by atoms with Gasteiger partial charge < -0.3 is 9.47 Å². The first-order chi connectivity index (χ1) is 16.3. The van der Waals surface area contributed by atoms with Crippen LogP contribution in [0.25, 0.3) is 22.3 Å². The number of benzene rings is 1. The summed E-state index contributed by atoms with van der Waals surface area (Å²) in [6, 6.07) is 5.43. The summed E-state index contributed by atoms with van der Waals surface area (Å²) in [5.41, 5.74) is 3.76. The van der Waals surface area contributed by atoms with Gasteiger partial charge in [-0.3, -0.25) is 9.48 Å². The summed E-state index contributed by atoms with van der Waals surface area (Å²) >= 11 is 0. The van der Waals surface area contributed by atoms with Crippen LogP contribution < -0.4 is 0 Å². The largest absolute Gasteiger partial charge is 0.335 e. The molecule has 3 aromatic heterocycles. The number of fused-ring (bicyclic) bond motifs is 5. The van der Waals surface area contributed by atoms with E-state index in [0.29, 0.717) is 17.7 Å². The topological polar surface area (TPSA) is 56.0 Å². The van der Waals surface area contributed by atoms with Crippen molar-refractivity contribution in [3.05, 3.63) is 70.9 Å². The summed E-state index contributed by atoms with van der Waals surface area (Å²) in [6.45, 7) is 0. The third-order valence-electron chi connectivity index (χ3n) is 7.13. The summed E-state index contributed by atoms with van der Waals surface area (Å²) in [7, 11) is 3.58. The Morgan fingerprint density at radius 3 is 2.65 bits per heavy atom. The summed E-state index contributed by atoms with van der Waals surface area (Å²) in [5.74, 6) is -4.02. The number of aromatic nitrogens is 4. The molecule has 1 saturated heterocycles. The molecule has 4 aromatic rings. The van der Waals surface area contributed by atoms with Crippen LogP contribution in [0.3, 0.4) is 0 Å². The molecule has 1 fully saturated rings. The molecule has 2 atom stereocenters. The van der Waals surface area contributed by atoms with Crippen molar-refractivity contribution >= 4 is 16.9 Å². The van der Waals surface area contributed by atoms with Gasteiger partial charge in [-0.1, -0.05) is 0 Å². The van der Waals surface area contributed by atoms with Gasteiger partial charge in [0.25, 0.3) is 5.91 Å². The molecule has 0 saturated carbocycles. The maximum absolute atomic E-state index is 14.0. The number of amides is 1. The van der Waals surface area contributed by atoms with Crippen LogP contribution in [0.15, 0.2) is 36.7 Å². The van der Waals surface area contributed by atoms with Crippen LogP contribution in [-0.2, 0) is 20.5 Å². The number of rotatable bonds is 2. The molecule has 1 aromatic carbocycles.